The highest BCUT2D eigenvalue weighted by Crippen LogP contribution is 2.39. The van der Waals surface area contributed by atoms with E-state index in [4.69, 9.17) is 24.4 Å². The minimum atomic E-state index is 0.557. The first kappa shape index (κ1) is 39.4. The zero-order chi connectivity index (χ0) is 44.5. The molecule has 2 aromatic heterocycles. The first-order chi connectivity index (χ1) is 33.2. The highest BCUT2D eigenvalue weighted by molar-refractivity contribution is 5.91. The maximum absolute atomic E-state index is 6.10. The number of nitrogens with zero attached hydrogens (tertiary/aromatic N) is 6. The summed E-state index contributed by atoms with van der Waals surface area (Å²) in [5.41, 5.74) is 11.3. The molecule has 0 atom stereocenters. The predicted molar refractivity (Wildman–Crippen MR) is 274 cm³/mol. The lowest BCUT2D eigenvalue weighted by Gasteiger charge is -2.26. The number of benzene rings is 10. The van der Waals surface area contributed by atoms with E-state index in [-0.39, 0.29) is 0 Å². The van der Waals surface area contributed by atoms with E-state index >= 15 is 0 Å². The van der Waals surface area contributed by atoms with Crippen molar-refractivity contribution in [1.82, 2.24) is 19.9 Å². The Morgan fingerprint density at radius 3 is 1.09 bits per heavy atom. The van der Waals surface area contributed by atoms with Crippen molar-refractivity contribution in [1.29, 1.82) is 0 Å². The molecule has 0 amide bonds. The predicted octanol–water partition coefficient (Wildman–Crippen LogP) is 15.9. The number of fused-ring (bicyclic) bond motifs is 3. The van der Waals surface area contributed by atoms with Gasteiger partial charge in [-0.2, -0.15) is 0 Å². The van der Waals surface area contributed by atoms with Crippen molar-refractivity contribution in [2.24, 2.45) is 0 Å². The third-order valence-electron chi connectivity index (χ3n) is 12.1. The molecule has 0 bridgehead atoms. The molecule has 0 aliphatic heterocycles. The van der Waals surface area contributed by atoms with E-state index in [1.54, 1.807) is 0 Å². The molecule has 0 aliphatic rings. The van der Waals surface area contributed by atoms with Gasteiger partial charge in [0.2, 0.25) is 5.89 Å². The summed E-state index contributed by atoms with van der Waals surface area (Å²) in [6, 6.07) is 83.7. The fraction of sp³-hybridized carbons (Fsp3) is 0. The van der Waals surface area contributed by atoms with Crippen molar-refractivity contribution in [2.75, 3.05) is 9.80 Å². The van der Waals surface area contributed by atoms with Crippen LogP contribution in [0.5, 0.6) is 0 Å². The van der Waals surface area contributed by atoms with Crippen LogP contribution in [0.1, 0.15) is 0 Å². The van der Waals surface area contributed by atoms with Crippen LogP contribution in [0.4, 0.5) is 34.1 Å². The van der Waals surface area contributed by atoms with Crippen LogP contribution in [-0.4, -0.2) is 19.9 Å². The number of aromatic nitrogens is 4. The van der Waals surface area contributed by atoms with E-state index in [0.717, 1.165) is 67.5 Å². The van der Waals surface area contributed by atoms with Crippen LogP contribution in [0, 0.1) is 0 Å². The molecule has 316 valence electrons. The topological polar surface area (TPSA) is 71.2 Å². The Morgan fingerprint density at radius 2 is 0.627 bits per heavy atom. The lowest BCUT2D eigenvalue weighted by molar-refractivity contribution is 0.620. The number of rotatable bonds is 10. The lowest BCUT2D eigenvalue weighted by atomic mass is 10.1. The van der Waals surface area contributed by atoms with Gasteiger partial charge in [-0.1, -0.05) is 121 Å². The molecule has 12 aromatic rings. The smallest absolute Gasteiger partial charge is 0.227 e. The zero-order valence-electron chi connectivity index (χ0n) is 36.2. The normalized spacial score (nSPS) is 11.3. The van der Waals surface area contributed by atoms with Gasteiger partial charge in [-0.05, 0) is 143 Å². The molecule has 7 nitrogen and oxygen atoms in total. The molecule has 0 aliphatic carbocycles. The van der Waals surface area contributed by atoms with Gasteiger partial charge in [0.25, 0.3) is 0 Å². The molecule has 0 saturated heterocycles. The maximum Gasteiger partial charge on any atom is 0.227 e. The summed E-state index contributed by atoms with van der Waals surface area (Å²) in [7, 11) is 0. The van der Waals surface area contributed by atoms with Crippen LogP contribution >= 0.6 is 0 Å². The fourth-order valence-corrected chi connectivity index (χ4v) is 8.72. The standard InChI is InChI=1S/C60H40N6O/c1-3-17-49(18-4-1)65(53-37-27-41-13-7-9-15-47(41)39-53)51-33-29-44(30-34-51)58-62-57(43-23-25-46(26-24-43)60-61-55-21-11-12-22-56(55)67-60)63-59(64-58)45-31-35-52(36-32-45)66(50-19-5-2-6-20-50)54-38-28-42-14-8-10-16-48(42)40-54/h1-40H. The van der Waals surface area contributed by atoms with E-state index in [2.05, 4.69) is 192 Å². The van der Waals surface area contributed by atoms with Gasteiger partial charge in [-0.25, -0.2) is 19.9 Å². The van der Waals surface area contributed by atoms with Gasteiger partial charge in [-0.3, -0.25) is 0 Å². The third-order valence-corrected chi connectivity index (χ3v) is 12.1. The van der Waals surface area contributed by atoms with Gasteiger partial charge >= 0.3 is 0 Å². The van der Waals surface area contributed by atoms with E-state index in [9.17, 15) is 0 Å². The molecule has 0 fully saturated rings. The van der Waals surface area contributed by atoms with Crippen molar-refractivity contribution >= 4 is 66.8 Å². The van der Waals surface area contributed by atoms with Crippen molar-refractivity contribution in [3.63, 3.8) is 0 Å². The first-order valence-corrected chi connectivity index (χ1v) is 22.3. The molecule has 2 heterocycles. The van der Waals surface area contributed by atoms with Crippen LogP contribution < -0.4 is 9.80 Å². The molecule has 10 aromatic carbocycles. The third kappa shape index (κ3) is 7.81. The SMILES string of the molecule is c1ccc(N(c2ccc(-c3nc(-c4ccc(-c5nc6ccccc6o5)cc4)nc(-c4ccc(N(c5ccccc5)c5ccc6ccccc6c5)cc4)n3)cc2)c2ccc3ccccc3c2)cc1. The van der Waals surface area contributed by atoms with Gasteiger partial charge in [0.15, 0.2) is 23.1 Å². The van der Waals surface area contributed by atoms with Crippen LogP contribution in [0.2, 0.25) is 0 Å². The number of para-hydroxylation sites is 4. The van der Waals surface area contributed by atoms with Crippen molar-refractivity contribution in [2.45, 2.75) is 0 Å². The minimum absolute atomic E-state index is 0.557. The Morgan fingerprint density at radius 1 is 0.269 bits per heavy atom. The maximum atomic E-state index is 6.10. The minimum Gasteiger partial charge on any atom is -0.436 e. The van der Waals surface area contributed by atoms with Crippen LogP contribution in [0.25, 0.3) is 78.3 Å². The number of hydrogen-bond donors (Lipinski definition) is 0. The average Bonchev–Trinajstić information content (AvgIpc) is 3.85. The van der Waals surface area contributed by atoms with Crippen LogP contribution in [0.3, 0.4) is 0 Å². The largest absolute Gasteiger partial charge is 0.436 e. The summed E-state index contributed by atoms with van der Waals surface area (Å²) >= 11 is 0. The Bertz CT molecular complexity index is 3470. The van der Waals surface area contributed by atoms with Gasteiger partial charge < -0.3 is 14.2 Å². The fourth-order valence-electron chi connectivity index (χ4n) is 8.72. The van der Waals surface area contributed by atoms with Crippen LogP contribution in [0.15, 0.2) is 247 Å². The molecule has 67 heavy (non-hydrogen) atoms. The average molecular weight is 861 g/mol. The molecular formula is C60H40N6O. The number of hydrogen-bond acceptors (Lipinski definition) is 7. The summed E-state index contributed by atoms with van der Waals surface area (Å²) < 4.78 is 6.10. The van der Waals surface area contributed by atoms with E-state index < -0.39 is 0 Å². The monoisotopic (exact) mass is 860 g/mol. The second-order valence-electron chi connectivity index (χ2n) is 16.4. The molecule has 0 radical (unpaired) electrons. The molecule has 12 rings (SSSR count). The summed E-state index contributed by atoms with van der Waals surface area (Å²) in [6.45, 7) is 0. The number of anilines is 6. The summed E-state index contributed by atoms with van der Waals surface area (Å²) in [6.07, 6.45) is 0. The summed E-state index contributed by atoms with van der Waals surface area (Å²) in [5, 5.41) is 4.76. The van der Waals surface area contributed by atoms with E-state index in [1.165, 1.54) is 21.5 Å². The highest BCUT2D eigenvalue weighted by Gasteiger charge is 2.18. The molecule has 7 heteroatoms. The highest BCUT2D eigenvalue weighted by atomic mass is 16.3. The molecule has 0 N–H and O–H groups in total. The van der Waals surface area contributed by atoms with Gasteiger partial charge in [-0.15, -0.1) is 0 Å². The van der Waals surface area contributed by atoms with Crippen molar-refractivity contribution in [3.8, 4) is 45.6 Å². The Labute approximate surface area is 387 Å². The molecule has 0 spiro atoms. The Kier molecular flexibility index (Phi) is 10.0. The van der Waals surface area contributed by atoms with Gasteiger partial charge in [0.05, 0.1) is 0 Å². The lowest BCUT2D eigenvalue weighted by Crippen LogP contribution is -2.10. The number of oxazole rings is 1. The second kappa shape index (κ2) is 17.1. The van der Waals surface area contributed by atoms with Crippen molar-refractivity contribution in [3.05, 3.63) is 243 Å². The van der Waals surface area contributed by atoms with E-state index in [1.807, 2.05) is 60.7 Å². The first-order valence-electron chi connectivity index (χ1n) is 22.3. The summed E-state index contributed by atoms with van der Waals surface area (Å²) in [4.78, 5) is 24.7. The quantitative estimate of drug-likeness (QED) is 0.136. The van der Waals surface area contributed by atoms with Gasteiger partial charge in [0, 0.05) is 56.4 Å². The second-order valence-corrected chi connectivity index (χ2v) is 16.4. The zero-order valence-corrected chi connectivity index (χ0v) is 36.2. The van der Waals surface area contributed by atoms with E-state index in [0.29, 0.717) is 23.4 Å². The van der Waals surface area contributed by atoms with Gasteiger partial charge in [0.1, 0.15) is 5.52 Å². The summed E-state index contributed by atoms with van der Waals surface area (Å²) in [5.74, 6) is 2.25. The Balaban J connectivity index is 0.937. The van der Waals surface area contributed by atoms with Crippen molar-refractivity contribution < 1.29 is 4.42 Å². The molecule has 0 unspecified atom stereocenters. The molecule has 0 saturated carbocycles. The molecular weight excluding hydrogens is 821 g/mol. The Hall–Kier alpha value is -9.20. The van der Waals surface area contributed by atoms with Crippen LogP contribution in [-0.2, 0) is 0 Å².